The molecule has 0 unspecified atom stereocenters. The Morgan fingerprint density at radius 1 is 0.971 bits per heavy atom. The Morgan fingerprint density at radius 2 is 1.65 bits per heavy atom. The summed E-state index contributed by atoms with van der Waals surface area (Å²) in [5, 5.41) is 15.5. The van der Waals surface area contributed by atoms with Crippen LogP contribution in [0, 0.1) is 18.3 Å². The lowest BCUT2D eigenvalue weighted by Crippen LogP contribution is -2.14. The molecular formula is C26H22N4O4. The number of amides is 1. The normalized spacial score (nSPS) is 10.4. The van der Waals surface area contributed by atoms with Gasteiger partial charge in [0.25, 0.3) is 5.91 Å². The molecule has 0 aliphatic rings. The minimum atomic E-state index is -0.242. The van der Waals surface area contributed by atoms with E-state index in [0.29, 0.717) is 40.9 Å². The summed E-state index contributed by atoms with van der Waals surface area (Å²) < 4.78 is 16.4. The summed E-state index contributed by atoms with van der Waals surface area (Å²) in [7, 11) is 0. The molecule has 0 aliphatic carbocycles. The molecule has 8 heteroatoms. The van der Waals surface area contributed by atoms with E-state index in [1.165, 1.54) is 0 Å². The van der Waals surface area contributed by atoms with Crippen molar-refractivity contribution in [2.24, 2.45) is 0 Å². The smallest absolute Gasteiger partial charge is 0.255 e. The Morgan fingerprint density at radius 3 is 2.32 bits per heavy atom. The van der Waals surface area contributed by atoms with Gasteiger partial charge in [0.1, 0.15) is 18.1 Å². The highest BCUT2D eigenvalue weighted by Crippen LogP contribution is 2.21. The molecule has 1 N–H and O–H groups in total. The van der Waals surface area contributed by atoms with Crippen molar-refractivity contribution >= 4 is 11.6 Å². The molecule has 1 heterocycles. The van der Waals surface area contributed by atoms with Gasteiger partial charge in [-0.1, -0.05) is 35.5 Å². The van der Waals surface area contributed by atoms with E-state index in [1.807, 2.05) is 48.5 Å². The van der Waals surface area contributed by atoms with Gasteiger partial charge in [-0.05, 0) is 48.0 Å². The van der Waals surface area contributed by atoms with E-state index in [0.717, 1.165) is 11.1 Å². The predicted molar refractivity (Wildman–Crippen MR) is 124 cm³/mol. The highest BCUT2D eigenvalue weighted by Gasteiger charge is 2.11. The second kappa shape index (κ2) is 10.8. The zero-order chi connectivity index (χ0) is 23.8. The number of rotatable bonds is 9. The van der Waals surface area contributed by atoms with Crippen LogP contribution >= 0.6 is 0 Å². The van der Waals surface area contributed by atoms with Crippen molar-refractivity contribution in [3.05, 3.63) is 101 Å². The maximum atomic E-state index is 12.8. The quantitative estimate of drug-likeness (QED) is 0.385. The lowest BCUT2D eigenvalue weighted by Gasteiger charge is -2.13. The monoisotopic (exact) mass is 454 g/mol. The fourth-order valence-electron chi connectivity index (χ4n) is 3.17. The molecule has 0 aliphatic heterocycles. The van der Waals surface area contributed by atoms with E-state index < -0.39 is 0 Å². The number of nitriles is 1. The standard InChI is InChI=1S/C26H22N4O4/c1-18-28-25(30-34-18)17-33-23-12-8-20(9-13-23)26(31)29-24-5-3-2-4-21(24)16-32-22-10-6-19(7-11-22)14-15-27/h2-13H,14,16-17H2,1H3,(H,29,31). The highest BCUT2D eigenvalue weighted by atomic mass is 16.5. The molecule has 34 heavy (non-hydrogen) atoms. The van der Waals surface area contributed by atoms with Crippen LogP contribution in [-0.2, 0) is 19.6 Å². The second-order valence-electron chi connectivity index (χ2n) is 7.42. The largest absolute Gasteiger partial charge is 0.489 e. The van der Waals surface area contributed by atoms with Crippen LogP contribution < -0.4 is 14.8 Å². The number of carbonyl (C=O) groups excluding carboxylic acids is 1. The topological polar surface area (TPSA) is 110 Å². The molecule has 1 aromatic heterocycles. The molecule has 4 aromatic rings. The number of nitrogens with one attached hydrogen (secondary N) is 1. The Kier molecular flexibility index (Phi) is 7.16. The lowest BCUT2D eigenvalue weighted by atomic mass is 10.1. The van der Waals surface area contributed by atoms with Crippen LogP contribution in [0.4, 0.5) is 5.69 Å². The van der Waals surface area contributed by atoms with E-state index >= 15 is 0 Å². The molecule has 0 radical (unpaired) electrons. The van der Waals surface area contributed by atoms with E-state index in [9.17, 15) is 4.79 Å². The number of nitrogens with zero attached hydrogens (tertiary/aromatic N) is 3. The summed E-state index contributed by atoms with van der Waals surface area (Å²) in [6, 6.07) is 23.8. The average Bonchev–Trinajstić information content (AvgIpc) is 3.28. The van der Waals surface area contributed by atoms with Gasteiger partial charge in [0.15, 0.2) is 6.61 Å². The molecule has 0 atom stereocenters. The van der Waals surface area contributed by atoms with Gasteiger partial charge >= 0.3 is 0 Å². The Bertz CT molecular complexity index is 1290. The maximum absolute atomic E-state index is 12.8. The first kappa shape index (κ1) is 22.6. The number of benzene rings is 3. The molecule has 8 nitrogen and oxygen atoms in total. The number of carbonyl (C=O) groups is 1. The van der Waals surface area contributed by atoms with Gasteiger partial charge in [0.2, 0.25) is 11.7 Å². The fourth-order valence-corrected chi connectivity index (χ4v) is 3.17. The van der Waals surface area contributed by atoms with Crippen LogP contribution in [0.3, 0.4) is 0 Å². The predicted octanol–water partition coefficient (Wildman–Crippen LogP) is 4.85. The molecule has 170 valence electrons. The van der Waals surface area contributed by atoms with Gasteiger partial charge in [0, 0.05) is 23.7 Å². The summed E-state index contributed by atoms with van der Waals surface area (Å²) in [6.07, 6.45) is 0.362. The Hall–Kier alpha value is -4.64. The average molecular weight is 454 g/mol. The van der Waals surface area contributed by atoms with Gasteiger partial charge < -0.3 is 19.3 Å². The number of ether oxygens (including phenoxy) is 2. The molecule has 0 saturated carbocycles. The number of hydrogen-bond donors (Lipinski definition) is 1. The van der Waals surface area contributed by atoms with Crippen molar-refractivity contribution in [1.29, 1.82) is 5.26 Å². The minimum absolute atomic E-state index is 0.178. The number of para-hydroxylation sites is 1. The van der Waals surface area contributed by atoms with Crippen LogP contribution in [0.5, 0.6) is 11.5 Å². The van der Waals surface area contributed by atoms with Crippen molar-refractivity contribution in [2.75, 3.05) is 5.32 Å². The van der Waals surface area contributed by atoms with Crippen LogP contribution in [0.1, 0.15) is 33.2 Å². The van der Waals surface area contributed by atoms with Gasteiger partial charge in [-0.3, -0.25) is 4.79 Å². The fraction of sp³-hybridized carbons (Fsp3) is 0.154. The first-order valence-corrected chi connectivity index (χ1v) is 10.6. The van der Waals surface area contributed by atoms with E-state index in [2.05, 4.69) is 21.5 Å². The molecule has 0 bridgehead atoms. The molecule has 4 rings (SSSR count). The summed E-state index contributed by atoms with van der Waals surface area (Å²) >= 11 is 0. The highest BCUT2D eigenvalue weighted by molar-refractivity contribution is 6.04. The van der Waals surface area contributed by atoms with Gasteiger partial charge in [-0.2, -0.15) is 10.2 Å². The third kappa shape index (κ3) is 5.99. The summed E-state index contributed by atoms with van der Waals surface area (Å²) in [4.78, 5) is 16.9. The van der Waals surface area contributed by atoms with Crippen molar-refractivity contribution in [3.8, 4) is 17.6 Å². The van der Waals surface area contributed by atoms with Gasteiger partial charge in [-0.25, -0.2) is 0 Å². The molecule has 0 saturated heterocycles. The van der Waals surface area contributed by atoms with Crippen molar-refractivity contribution < 1.29 is 18.8 Å². The summed E-state index contributed by atoms with van der Waals surface area (Å²) in [5.41, 5.74) is 2.93. The molecule has 0 fully saturated rings. The van der Waals surface area contributed by atoms with Crippen LogP contribution in [-0.4, -0.2) is 16.0 Å². The Balaban J connectivity index is 1.35. The van der Waals surface area contributed by atoms with Crippen LogP contribution in [0.15, 0.2) is 77.3 Å². The third-order valence-electron chi connectivity index (χ3n) is 4.92. The van der Waals surface area contributed by atoms with Gasteiger partial charge in [-0.15, -0.1) is 0 Å². The maximum Gasteiger partial charge on any atom is 0.255 e. The molecule has 0 spiro atoms. The summed E-state index contributed by atoms with van der Waals surface area (Å²) in [6.45, 7) is 2.18. The van der Waals surface area contributed by atoms with Gasteiger partial charge in [0.05, 0.1) is 12.5 Å². The SMILES string of the molecule is Cc1nc(COc2ccc(C(=O)Nc3ccccc3COc3ccc(CC#N)cc3)cc2)no1. The van der Waals surface area contributed by atoms with Crippen LogP contribution in [0.2, 0.25) is 0 Å². The second-order valence-corrected chi connectivity index (χ2v) is 7.42. The van der Waals surface area contributed by atoms with E-state index in [-0.39, 0.29) is 19.1 Å². The number of hydrogen-bond acceptors (Lipinski definition) is 7. The van der Waals surface area contributed by atoms with Crippen molar-refractivity contribution in [1.82, 2.24) is 10.1 Å². The first-order chi connectivity index (χ1) is 16.6. The molecular weight excluding hydrogens is 432 g/mol. The number of anilines is 1. The lowest BCUT2D eigenvalue weighted by molar-refractivity contribution is 0.102. The first-order valence-electron chi connectivity index (χ1n) is 10.6. The number of aromatic nitrogens is 2. The zero-order valence-corrected chi connectivity index (χ0v) is 18.5. The van der Waals surface area contributed by atoms with Crippen molar-refractivity contribution in [3.63, 3.8) is 0 Å². The van der Waals surface area contributed by atoms with Crippen LogP contribution in [0.25, 0.3) is 0 Å². The molecule has 1 amide bonds. The van der Waals surface area contributed by atoms with E-state index in [4.69, 9.17) is 19.3 Å². The zero-order valence-electron chi connectivity index (χ0n) is 18.5. The summed E-state index contributed by atoms with van der Waals surface area (Å²) in [5.74, 6) is 1.97. The minimum Gasteiger partial charge on any atom is -0.489 e. The Labute approximate surface area is 196 Å². The van der Waals surface area contributed by atoms with Crippen molar-refractivity contribution in [2.45, 2.75) is 26.6 Å². The number of aryl methyl sites for hydroxylation is 1. The third-order valence-corrected chi connectivity index (χ3v) is 4.92. The van der Waals surface area contributed by atoms with E-state index in [1.54, 1.807) is 31.2 Å². The molecule has 3 aromatic carbocycles.